The number of rotatable bonds is 7. The Bertz CT molecular complexity index is 792. The lowest BCUT2D eigenvalue weighted by molar-refractivity contribution is 0.393. The first kappa shape index (κ1) is 19.1. The molecule has 6 heteroatoms. The van der Waals surface area contributed by atoms with Gasteiger partial charge < -0.3 is 9.47 Å². The quantitative estimate of drug-likeness (QED) is 0.752. The molecular formula is C19H25NO4S. The number of methoxy groups -OCH3 is 2. The van der Waals surface area contributed by atoms with Crippen LogP contribution in [0.2, 0.25) is 0 Å². The molecule has 0 bridgehead atoms. The van der Waals surface area contributed by atoms with Gasteiger partial charge in [-0.3, -0.25) is 4.31 Å². The van der Waals surface area contributed by atoms with E-state index in [4.69, 9.17) is 9.47 Å². The van der Waals surface area contributed by atoms with Crippen molar-refractivity contribution in [2.45, 2.75) is 32.6 Å². The van der Waals surface area contributed by atoms with E-state index in [9.17, 15) is 8.42 Å². The van der Waals surface area contributed by atoms with Gasteiger partial charge in [0.25, 0.3) is 0 Å². The molecule has 0 N–H and O–H groups in total. The topological polar surface area (TPSA) is 55.8 Å². The van der Waals surface area contributed by atoms with Gasteiger partial charge in [-0.25, -0.2) is 8.42 Å². The van der Waals surface area contributed by atoms with Crippen LogP contribution in [0.25, 0.3) is 0 Å². The van der Waals surface area contributed by atoms with Crippen LogP contribution in [0, 0.1) is 6.92 Å². The van der Waals surface area contributed by atoms with E-state index in [1.807, 2.05) is 43.3 Å². The molecule has 0 unspecified atom stereocenters. The maximum atomic E-state index is 12.9. The van der Waals surface area contributed by atoms with Gasteiger partial charge in [0.15, 0.2) is 0 Å². The van der Waals surface area contributed by atoms with Crippen molar-refractivity contribution >= 4 is 15.7 Å². The molecule has 0 aliphatic carbocycles. The van der Waals surface area contributed by atoms with Crippen molar-refractivity contribution in [3.8, 4) is 11.5 Å². The van der Waals surface area contributed by atoms with Crippen LogP contribution in [-0.2, 0) is 16.6 Å². The van der Waals surface area contributed by atoms with Crippen LogP contribution in [0.5, 0.6) is 11.5 Å². The molecule has 0 amide bonds. The van der Waals surface area contributed by atoms with E-state index in [1.54, 1.807) is 34.1 Å². The summed E-state index contributed by atoms with van der Waals surface area (Å²) in [5, 5.41) is -0.527. The van der Waals surface area contributed by atoms with Crippen molar-refractivity contribution < 1.29 is 17.9 Å². The monoisotopic (exact) mass is 363 g/mol. The standard InChI is InChI=1S/C19H25NO4S/c1-14(2)25(21,22)20(17-8-6-15(3)7-9-17)13-16-10-18(23-4)12-19(11-16)24-5/h6-12,14H,13H2,1-5H3. The average Bonchev–Trinajstić information content (AvgIpc) is 2.60. The lowest BCUT2D eigenvalue weighted by Gasteiger charge is -2.27. The number of anilines is 1. The second kappa shape index (κ2) is 7.78. The van der Waals surface area contributed by atoms with E-state index in [-0.39, 0.29) is 6.54 Å². The highest BCUT2D eigenvalue weighted by molar-refractivity contribution is 7.93. The third-order valence-electron chi connectivity index (χ3n) is 3.96. The molecule has 2 aromatic carbocycles. The van der Waals surface area contributed by atoms with Crippen LogP contribution in [0.4, 0.5) is 5.69 Å². The minimum Gasteiger partial charge on any atom is -0.497 e. The van der Waals surface area contributed by atoms with Gasteiger partial charge in [-0.05, 0) is 50.6 Å². The maximum Gasteiger partial charge on any atom is 0.237 e. The molecule has 25 heavy (non-hydrogen) atoms. The van der Waals surface area contributed by atoms with Crippen molar-refractivity contribution in [3.05, 3.63) is 53.6 Å². The zero-order valence-electron chi connectivity index (χ0n) is 15.3. The molecule has 136 valence electrons. The first-order valence-corrected chi connectivity index (χ1v) is 9.58. The minimum absolute atomic E-state index is 0.205. The normalized spacial score (nSPS) is 11.4. The van der Waals surface area contributed by atoms with Gasteiger partial charge in [-0.2, -0.15) is 0 Å². The molecule has 0 spiro atoms. The summed E-state index contributed by atoms with van der Waals surface area (Å²) in [6.07, 6.45) is 0. The number of ether oxygens (including phenoxy) is 2. The van der Waals surface area contributed by atoms with E-state index >= 15 is 0 Å². The number of hydrogen-bond donors (Lipinski definition) is 0. The second-order valence-corrected chi connectivity index (χ2v) is 8.57. The molecule has 0 aliphatic heterocycles. The zero-order chi connectivity index (χ0) is 18.6. The Kier molecular flexibility index (Phi) is 5.95. The first-order chi connectivity index (χ1) is 11.8. The van der Waals surface area contributed by atoms with E-state index < -0.39 is 15.3 Å². The van der Waals surface area contributed by atoms with Crippen LogP contribution in [0.3, 0.4) is 0 Å². The fraction of sp³-hybridized carbons (Fsp3) is 0.368. The Morgan fingerprint density at radius 1 is 0.960 bits per heavy atom. The SMILES string of the molecule is COc1cc(CN(c2ccc(C)cc2)S(=O)(=O)C(C)C)cc(OC)c1. The Labute approximate surface area is 150 Å². The third-order valence-corrected chi connectivity index (χ3v) is 6.11. The van der Waals surface area contributed by atoms with Gasteiger partial charge in [0, 0.05) is 6.07 Å². The number of sulfonamides is 1. The largest absolute Gasteiger partial charge is 0.497 e. The molecule has 0 aromatic heterocycles. The van der Waals surface area contributed by atoms with Gasteiger partial charge >= 0.3 is 0 Å². The smallest absolute Gasteiger partial charge is 0.237 e. The average molecular weight is 363 g/mol. The lowest BCUT2D eigenvalue weighted by atomic mass is 10.2. The predicted octanol–water partition coefficient (Wildman–Crippen LogP) is 3.76. The maximum absolute atomic E-state index is 12.9. The molecule has 0 saturated heterocycles. The van der Waals surface area contributed by atoms with Crippen molar-refractivity contribution in [2.24, 2.45) is 0 Å². The highest BCUT2D eigenvalue weighted by Gasteiger charge is 2.26. The van der Waals surface area contributed by atoms with Crippen molar-refractivity contribution in [1.82, 2.24) is 0 Å². The number of hydrogen-bond acceptors (Lipinski definition) is 4. The fourth-order valence-electron chi connectivity index (χ4n) is 2.42. The van der Waals surface area contributed by atoms with Crippen molar-refractivity contribution in [3.63, 3.8) is 0 Å². The minimum atomic E-state index is -3.49. The molecule has 2 rings (SSSR count). The van der Waals surface area contributed by atoms with Crippen molar-refractivity contribution in [2.75, 3.05) is 18.5 Å². The van der Waals surface area contributed by atoms with Gasteiger partial charge in [-0.15, -0.1) is 0 Å². The van der Waals surface area contributed by atoms with Gasteiger partial charge in [0.1, 0.15) is 11.5 Å². The molecule has 0 heterocycles. The van der Waals surface area contributed by atoms with E-state index in [0.717, 1.165) is 11.1 Å². The van der Waals surface area contributed by atoms with Gasteiger partial charge in [-0.1, -0.05) is 17.7 Å². The molecule has 0 fully saturated rings. The van der Waals surface area contributed by atoms with E-state index in [2.05, 4.69) is 0 Å². The predicted molar refractivity (Wildman–Crippen MR) is 101 cm³/mol. The van der Waals surface area contributed by atoms with Crippen LogP contribution in [-0.4, -0.2) is 27.9 Å². The number of aryl methyl sites for hydroxylation is 1. The number of benzene rings is 2. The van der Waals surface area contributed by atoms with E-state index in [0.29, 0.717) is 17.2 Å². The summed E-state index contributed by atoms with van der Waals surface area (Å²) in [6, 6.07) is 12.9. The van der Waals surface area contributed by atoms with Gasteiger partial charge in [0.2, 0.25) is 10.0 Å². The lowest BCUT2D eigenvalue weighted by Crippen LogP contribution is -2.36. The fourth-order valence-corrected chi connectivity index (χ4v) is 3.67. The Hall–Kier alpha value is -2.21. The highest BCUT2D eigenvalue weighted by Crippen LogP contribution is 2.28. The molecule has 0 saturated carbocycles. The summed E-state index contributed by atoms with van der Waals surface area (Å²) >= 11 is 0. The van der Waals surface area contributed by atoms with Crippen LogP contribution >= 0.6 is 0 Å². The molecule has 0 aliphatic rings. The summed E-state index contributed by atoms with van der Waals surface area (Å²) < 4.78 is 37.8. The van der Waals surface area contributed by atoms with E-state index in [1.165, 1.54) is 4.31 Å². The zero-order valence-corrected chi connectivity index (χ0v) is 16.1. The summed E-state index contributed by atoms with van der Waals surface area (Å²) in [7, 11) is -0.349. The number of nitrogens with zero attached hydrogens (tertiary/aromatic N) is 1. The highest BCUT2D eigenvalue weighted by atomic mass is 32.2. The van der Waals surface area contributed by atoms with Crippen LogP contribution in [0.1, 0.15) is 25.0 Å². The third kappa shape index (κ3) is 4.45. The summed E-state index contributed by atoms with van der Waals surface area (Å²) in [5.74, 6) is 1.25. The second-order valence-electron chi connectivity index (χ2n) is 6.16. The summed E-state index contributed by atoms with van der Waals surface area (Å²) in [5.41, 5.74) is 2.51. The molecule has 2 aromatic rings. The van der Waals surface area contributed by atoms with Crippen LogP contribution in [0.15, 0.2) is 42.5 Å². The molecule has 0 atom stereocenters. The van der Waals surface area contributed by atoms with Crippen LogP contribution < -0.4 is 13.8 Å². The molecule has 0 radical (unpaired) electrons. The Balaban J connectivity index is 2.48. The Morgan fingerprint density at radius 3 is 1.92 bits per heavy atom. The molecular weight excluding hydrogens is 338 g/mol. The Morgan fingerprint density at radius 2 is 1.48 bits per heavy atom. The summed E-state index contributed by atoms with van der Waals surface area (Å²) in [4.78, 5) is 0. The molecule has 5 nitrogen and oxygen atoms in total. The first-order valence-electron chi connectivity index (χ1n) is 8.08. The summed E-state index contributed by atoms with van der Waals surface area (Å²) in [6.45, 7) is 5.54. The van der Waals surface area contributed by atoms with Crippen molar-refractivity contribution in [1.29, 1.82) is 0 Å². The van der Waals surface area contributed by atoms with Gasteiger partial charge in [0.05, 0.1) is 31.7 Å².